The van der Waals surface area contributed by atoms with Crippen LogP contribution in [-0.4, -0.2) is 24.0 Å². The minimum absolute atomic E-state index is 0.00255. The molecule has 0 aliphatic carbocycles. The van der Waals surface area contributed by atoms with Crippen LogP contribution in [0.2, 0.25) is 0 Å². The first-order valence-corrected chi connectivity index (χ1v) is 6.87. The smallest absolute Gasteiger partial charge is 0.128 e. The molecule has 1 aromatic carbocycles. The van der Waals surface area contributed by atoms with Gasteiger partial charge in [-0.05, 0) is 31.9 Å². The number of likely N-dealkylation sites (tertiary alicyclic amines) is 1. The van der Waals surface area contributed by atoms with Crippen molar-refractivity contribution in [3.05, 3.63) is 35.6 Å². The van der Waals surface area contributed by atoms with Crippen LogP contribution in [0.15, 0.2) is 24.3 Å². The van der Waals surface area contributed by atoms with Crippen molar-refractivity contribution >= 4 is 0 Å². The second kappa shape index (κ2) is 5.81. The number of hydrogen-bond donors (Lipinski definition) is 1. The molecule has 18 heavy (non-hydrogen) atoms. The Morgan fingerprint density at radius 1 is 1.44 bits per heavy atom. The third kappa shape index (κ3) is 2.73. The van der Waals surface area contributed by atoms with Gasteiger partial charge in [-0.1, -0.05) is 31.5 Å². The van der Waals surface area contributed by atoms with Crippen LogP contribution in [-0.2, 0) is 0 Å². The zero-order chi connectivity index (χ0) is 13.1. The van der Waals surface area contributed by atoms with Crippen molar-refractivity contribution in [3.8, 4) is 0 Å². The molecule has 1 saturated heterocycles. The highest BCUT2D eigenvalue weighted by atomic mass is 19.1. The minimum Gasteiger partial charge on any atom is -0.326 e. The minimum atomic E-state index is -0.139. The van der Waals surface area contributed by atoms with Gasteiger partial charge in [0.05, 0.1) is 6.04 Å². The van der Waals surface area contributed by atoms with Crippen LogP contribution in [0.3, 0.4) is 0 Å². The van der Waals surface area contributed by atoms with Crippen LogP contribution in [0, 0.1) is 11.7 Å². The van der Waals surface area contributed by atoms with Crippen LogP contribution < -0.4 is 5.73 Å². The molecule has 0 amide bonds. The number of rotatable bonds is 4. The van der Waals surface area contributed by atoms with Crippen molar-refractivity contribution in [1.82, 2.24) is 4.90 Å². The van der Waals surface area contributed by atoms with E-state index in [1.165, 1.54) is 18.9 Å². The van der Waals surface area contributed by atoms with Crippen molar-refractivity contribution in [3.63, 3.8) is 0 Å². The predicted octanol–water partition coefficient (Wildman–Crippen LogP) is 2.95. The van der Waals surface area contributed by atoms with Gasteiger partial charge in [-0.15, -0.1) is 0 Å². The monoisotopic (exact) mass is 250 g/mol. The summed E-state index contributed by atoms with van der Waals surface area (Å²) in [5, 5.41) is 0. The number of hydrogen-bond acceptors (Lipinski definition) is 2. The Balaban J connectivity index is 2.22. The van der Waals surface area contributed by atoms with E-state index in [2.05, 4.69) is 11.8 Å². The molecule has 0 aromatic heterocycles. The first-order chi connectivity index (χ1) is 8.63. The average Bonchev–Trinajstić information content (AvgIpc) is 2.80. The van der Waals surface area contributed by atoms with Gasteiger partial charge in [0.25, 0.3) is 0 Å². The molecule has 3 unspecified atom stereocenters. The summed E-state index contributed by atoms with van der Waals surface area (Å²) in [7, 11) is 0. The highest BCUT2D eigenvalue weighted by Crippen LogP contribution is 2.31. The van der Waals surface area contributed by atoms with Gasteiger partial charge in [-0.2, -0.15) is 0 Å². The van der Waals surface area contributed by atoms with Gasteiger partial charge in [-0.3, -0.25) is 4.90 Å². The molecule has 2 N–H and O–H groups in total. The third-order valence-electron chi connectivity index (χ3n) is 4.01. The molecule has 1 fully saturated rings. The Morgan fingerprint density at radius 2 is 2.17 bits per heavy atom. The van der Waals surface area contributed by atoms with Gasteiger partial charge in [0.15, 0.2) is 0 Å². The lowest BCUT2D eigenvalue weighted by molar-refractivity contribution is 0.206. The molecule has 2 nitrogen and oxygen atoms in total. The van der Waals surface area contributed by atoms with Crippen molar-refractivity contribution in [2.45, 2.75) is 38.8 Å². The van der Waals surface area contributed by atoms with Gasteiger partial charge >= 0.3 is 0 Å². The van der Waals surface area contributed by atoms with Crippen molar-refractivity contribution in [2.24, 2.45) is 11.7 Å². The van der Waals surface area contributed by atoms with E-state index in [1.54, 1.807) is 6.07 Å². The van der Waals surface area contributed by atoms with E-state index in [1.807, 2.05) is 19.1 Å². The summed E-state index contributed by atoms with van der Waals surface area (Å²) < 4.78 is 14.0. The number of nitrogens with zero attached hydrogens (tertiary/aromatic N) is 1. The number of halogens is 1. The zero-order valence-corrected chi connectivity index (χ0v) is 11.3. The molecule has 0 bridgehead atoms. The molecular formula is C15H23FN2. The van der Waals surface area contributed by atoms with E-state index in [0.717, 1.165) is 24.6 Å². The third-order valence-corrected chi connectivity index (χ3v) is 4.01. The highest BCUT2D eigenvalue weighted by molar-refractivity contribution is 5.23. The molecule has 1 aliphatic heterocycles. The summed E-state index contributed by atoms with van der Waals surface area (Å²) in [6, 6.07) is 6.96. The van der Waals surface area contributed by atoms with E-state index in [4.69, 9.17) is 5.73 Å². The molecule has 0 spiro atoms. The summed E-state index contributed by atoms with van der Waals surface area (Å²) in [5.41, 5.74) is 6.84. The molecule has 3 atom stereocenters. The standard InChI is InChI=1S/C15H23FN2/c1-3-12-8-9-18(10-12)15(11(2)17)13-6-4-5-7-14(13)16/h4-7,11-12,15H,3,8-10,17H2,1-2H3. The molecule has 1 aromatic rings. The molecule has 2 rings (SSSR count). The summed E-state index contributed by atoms with van der Waals surface area (Å²) in [5.74, 6) is 0.595. The summed E-state index contributed by atoms with van der Waals surface area (Å²) in [6.45, 7) is 6.25. The maximum atomic E-state index is 14.0. The summed E-state index contributed by atoms with van der Waals surface area (Å²) in [6.07, 6.45) is 2.40. The predicted molar refractivity (Wildman–Crippen MR) is 72.8 cm³/mol. The van der Waals surface area contributed by atoms with Gasteiger partial charge in [0, 0.05) is 18.2 Å². The second-order valence-electron chi connectivity index (χ2n) is 5.38. The van der Waals surface area contributed by atoms with Crippen molar-refractivity contribution < 1.29 is 4.39 Å². The molecule has 1 aliphatic rings. The Labute approximate surface area is 109 Å². The van der Waals surface area contributed by atoms with Crippen LogP contribution >= 0.6 is 0 Å². The van der Waals surface area contributed by atoms with E-state index in [-0.39, 0.29) is 17.9 Å². The molecule has 0 radical (unpaired) electrons. The van der Waals surface area contributed by atoms with E-state index in [0.29, 0.717) is 0 Å². The normalized spacial score (nSPS) is 24.1. The number of nitrogens with two attached hydrogens (primary N) is 1. The summed E-state index contributed by atoms with van der Waals surface area (Å²) >= 11 is 0. The van der Waals surface area contributed by atoms with Gasteiger partial charge < -0.3 is 5.73 Å². The quantitative estimate of drug-likeness (QED) is 0.890. The van der Waals surface area contributed by atoms with Gasteiger partial charge in [0.1, 0.15) is 5.82 Å². The van der Waals surface area contributed by atoms with Gasteiger partial charge in [-0.25, -0.2) is 4.39 Å². The topological polar surface area (TPSA) is 29.3 Å². The second-order valence-corrected chi connectivity index (χ2v) is 5.38. The highest BCUT2D eigenvalue weighted by Gasteiger charge is 2.31. The lowest BCUT2D eigenvalue weighted by Crippen LogP contribution is -2.38. The van der Waals surface area contributed by atoms with E-state index < -0.39 is 0 Å². The largest absolute Gasteiger partial charge is 0.326 e. The van der Waals surface area contributed by atoms with Gasteiger partial charge in [0.2, 0.25) is 0 Å². The lowest BCUT2D eigenvalue weighted by Gasteiger charge is -2.31. The zero-order valence-electron chi connectivity index (χ0n) is 11.3. The maximum absolute atomic E-state index is 14.0. The van der Waals surface area contributed by atoms with Crippen molar-refractivity contribution in [2.75, 3.05) is 13.1 Å². The van der Waals surface area contributed by atoms with Crippen LogP contribution in [0.1, 0.15) is 38.3 Å². The van der Waals surface area contributed by atoms with E-state index >= 15 is 0 Å². The van der Waals surface area contributed by atoms with Crippen LogP contribution in [0.5, 0.6) is 0 Å². The molecule has 3 heteroatoms. The SMILES string of the molecule is CCC1CCN(C(c2ccccc2F)C(C)N)C1. The first kappa shape index (κ1) is 13.5. The average molecular weight is 250 g/mol. The fourth-order valence-corrected chi connectivity index (χ4v) is 2.98. The van der Waals surface area contributed by atoms with Crippen LogP contribution in [0.4, 0.5) is 4.39 Å². The molecular weight excluding hydrogens is 227 g/mol. The van der Waals surface area contributed by atoms with E-state index in [9.17, 15) is 4.39 Å². The summed E-state index contributed by atoms with van der Waals surface area (Å²) in [4.78, 5) is 2.34. The fraction of sp³-hybridized carbons (Fsp3) is 0.600. The Morgan fingerprint density at radius 3 is 2.72 bits per heavy atom. The molecule has 100 valence electrons. The maximum Gasteiger partial charge on any atom is 0.128 e. The number of benzene rings is 1. The lowest BCUT2D eigenvalue weighted by atomic mass is 9.98. The van der Waals surface area contributed by atoms with Crippen LogP contribution in [0.25, 0.3) is 0 Å². The Hall–Kier alpha value is -0.930. The molecule has 0 saturated carbocycles. The Kier molecular flexibility index (Phi) is 4.36. The fourth-order valence-electron chi connectivity index (χ4n) is 2.98. The Bertz CT molecular complexity index is 392. The molecule has 1 heterocycles. The first-order valence-electron chi connectivity index (χ1n) is 6.87. The van der Waals surface area contributed by atoms with Crippen molar-refractivity contribution in [1.29, 1.82) is 0 Å².